The lowest BCUT2D eigenvalue weighted by Crippen LogP contribution is -2.26. The number of benzene rings is 1. The second kappa shape index (κ2) is 7.61. The van der Waals surface area contributed by atoms with Crippen LogP contribution in [-0.4, -0.2) is 20.3 Å². The van der Waals surface area contributed by atoms with Crippen LogP contribution in [-0.2, 0) is 6.54 Å². The van der Waals surface area contributed by atoms with Crippen LogP contribution in [0.2, 0.25) is 5.02 Å². The molecule has 0 saturated carbocycles. The van der Waals surface area contributed by atoms with E-state index in [0.29, 0.717) is 28.5 Å². The Bertz CT molecular complexity index is 407. The lowest BCUT2D eigenvalue weighted by Gasteiger charge is -2.17. The number of rotatable bonds is 7. The zero-order chi connectivity index (χ0) is 14.4. The molecule has 1 rings (SSSR count). The van der Waals surface area contributed by atoms with Crippen LogP contribution >= 0.6 is 11.6 Å². The molecule has 0 aliphatic carbocycles. The van der Waals surface area contributed by atoms with Gasteiger partial charge in [0.2, 0.25) is 0 Å². The average molecular weight is 286 g/mol. The maximum Gasteiger partial charge on any atom is 0.179 e. The first-order valence-corrected chi connectivity index (χ1v) is 6.99. The molecule has 19 heavy (non-hydrogen) atoms. The molecule has 1 N–H and O–H groups in total. The number of halogens is 1. The van der Waals surface area contributed by atoms with Gasteiger partial charge in [-0.05, 0) is 37.0 Å². The fourth-order valence-electron chi connectivity index (χ4n) is 2.16. The molecule has 0 aliphatic heterocycles. The topological polar surface area (TPSA) is 30.5 Å². The highest BCUT2D eigenvalue weighted by Crippen LogP contribution is 2.35. The van der Waals surface area contributed by atoms with Crippen LogP contribution in [0.5, 0.6) is 11.5 Å². The van der Waals surface area contributed by atoms with Gasteiger partial charge in [0.25, 0.3) is 0 Å². The van der Waals surface area contributed by atoms with Crippen molar-refractivity contribution >= 4 is 11.6 Å². The van der Waals surface area contributed by atoms with E-state index in [2.05, 4.69) is 26.1 Å². The molecule has 4 heteroatoms. The normalized spacial score (nSPS) is 12.6. The number of nitrogens with one attached hydrogen (secondary N) is 1. The first-order chi connectivity index (χ1) is 8.97. The highest BCUT2D eigenvalue weighted by molar-refractivity contribution is 6.32. The van der Waals surface area contributed by atoms with E-state index >= 15 is 0 Å². The summed E-state index contributed by atoms with van der Waals surface area (Å²) >= 11 is 6.18. The lowest BCUT2D eigenvalue weighted by molar-refractivity contribution is 0.354. The maximum absolute atomic E-state index is 6.18. The van der Waals surface area contributed by atoms with Crippen molar-refractivity contribution in [3.05, 3.63) is 22.7 Å². The minimum atomic E-state index is 0.479. The van der Waals surface area contributed by atoms with E-state index in [4.69, 9.17) is 21.1 Å². The summed E-state index contributed by atoms with van der Waals surface area (Å²) in [6, 6.07) is 4.35. The molecule has 0 bridgehead atoms. The van der Waals surface area contributed by atoms with Crippen molar-refractivity contribution in [3.8, 4) is 11.5 Å². The van der Waals surface area contributed by atoms with Gasteiger partial charge in [0, 0.05) is 12.6 Å². The highest BCUT2D eigenvalue weighted by atomic mass is 35.5. The van der Waals surface area contributed by atoms with Gasteiger partial charge in [0.05, 0.1) is 19.2 Å². The van der Waals surface area contributed by atoms with E-state index in [-0.39, 0.29) is 0 Å². The predicted molar refractivity (Wildman–Crippen MR) is 80.3 cm³/mol. The summed E-state index contributed by atoms with van der Waals surface area (Å²) in [5, 5.41) is 4.07. The summed E-state index contributed by atoms with van der Waals surface area (Å²) in [5.41, 5.74) is 1.10. The van der Waals surface area contributed by atoms with E-state index in [0.717, 1.165) is 18.5 Å². The van der Waals surface area contributed by atoms with Crippen molar-refractivity contribution in [2.24, 2.45) is 5.92 Å². The molecule has 0 amide bonds. The van der Waals surface area contributed by atoms with Crippen LogP contribution in [0.15, 0.2) is 12.1 Å². The maximum atomic E-state index is 6.18. The van der Waals surface area contributed by atoms with Crippen molar-refractivity contribution in [1.82, 2.24) is 5.32 Å². The molecule has 108 valence electrons. The molecule has 1 unspecified atom stereocenters. The Kier molecular flexibility index (Phi) is 6.46. The van der Waals surface area contributed by atoms with Crippen LogP contribution in [0.1, 0.15) is 32.8 Å². The van der Waals surface area contributed by atoms with Crippen molar-refractivity contribution in [3.63, 3.8) is 0 Å². The van der Waals surface area contributed by atoms with Gasteiger partial charge in [-0.1, -0.05) is 25.4 Å². The van der Waals surface area contributed by atoms with E-state index in [9.17, 15) is 0 Å². The molecule has 1 aromatic rings. The van der Waals surface area contributed by atoms with Crippen LogP contribution in [0, 0.1) is 5.92 Å². The minimum absolute atomic E-state index is 0.479. The SMILES string of the molecule is COc1cc(CNC(C)CC(C)C)cc(Cl)c1OC. The molecule has 3 nitrogen and oxygen atoms in total. The minimum Gasteiger partial charge on any atom is -0.493 e. The molecule has 0 saturated heterocycles. The smallest absolute Gasteiger partial charge is 0.179 e. The van der Waals surface area contributed by atoms with E-state index in [1.807, 2.05) is 12.1 Å². The average Bonchev–Trinajstić information content (AvgIpc) is 2.34. The first kappa shape index (κ1) is 16.1. The van der Waals surface area contributed by atoms with Crippen LogP contribution in [0.4, 0.5) is 0 Å². The van der Waals surface area contributed by atoms with E-state index in [1.165, 1.54) is 0 Å². The Labute approximate surface area is 121 Å². The molecule has 1 aromatic carbocycles. The second-order valence-corrected chi connectivity index (χ2v) is 5.63. The van der Waals surface area contributed by atoms with Crippen molar-refractivity contribution in [2.75, 3.05) is 14.2 Å². The third kappa shape index (κ3) is 4.92. The molecular weight excluding hydrogens is 262 g/mol. The van der Waals surface area contributed by atoms with Crippen LogP contribution < -0.4 is 14.8 Å². The molecule has 1 atom stereocenters. The number of hydrogen-bond acceptors (Lipinski definition) is 3. The van der Waals surface area contributed by atoms with Gasteiger partial charge in [0.15, 0.2) is 11.5 Å². The zero-order valence-corrected chi connectivity index (χ0v) is 13.2. The standard InChI is InChI=1S/C15H24ClNO2/c1-10(2)6-11(3)17-9-12-7-13(16)15(19-5)14(8-12)18-4/h7-8,10-11,17H,6,9H2,1-5H3. The summed E-state index contributed by atoms with van der Waals surface area (Å²) in [6.07, 6.45) is 1.15. The molecule has 0 radical (unpaired) electrons. The Balaban J connectivity index is 2.72. The Hall–Kier alpha value is -0.930. The predicted octanol–water partition coefficient (Wildman–Crippen LogP) is 3.88. The molecule has 0 fully saturated rings. The van der Waals surface area contributed by atoms with Gasteiger partial charge in [0.1, 0.15) is 0 Å². The van der Waals surface area contributed by atoms with Gasteiger partial charge in [-0.2, -0.15) is 0 Å². The third-order valence-corrected chi connectivity index (χ3v) is 3.25. The summed E-state index contributed by atoms with van der Waals surface area (Å²) < 4.78 is 10.5. The Morgan fingerprint density at radius 3 is 2.37 bits per heavy atom. The van der Waals surface area contributed by atoms with Gasteiger partial charge in [-0.3, -0.25) is 0 Å². The van der Waals surface area contributed by atoms with Crippen LogP contribution in [0.25, 0.3) is 0 Å². The van der Waals surface area contributed by atoms with Crippen molar-refractivity contribution in [2.45, 2.75) is 39.8 Å². The van der Waals surface area contributed by atoms with Crippen LogP contribution in [0.3, 0.4) is 0 Å². The van der Waals surface area contributed by atoms with E-state index in [1.54, 1.807) is 14.2 Å². The largest absolute Gasteiger partial charge is 0.493 e. The highest BCUT2D eigenvalue weighted by Gasteiger charge is 2.11. The Morgan fingerprint density at radius 1 is 1.16 bits per heavy atom. The fourth-order valence-corrected chi connectivity index (χ4v) is 2.47. The first-order valence-electron chi connectivity index (χ1n) is 6.61. The van der Waals surface area contributed by atoms with E-state index < -0.39 is 0 Å². The number of hydrogen-bond donors (Lipinski definition) is 1. The number of methoxy groups -OCH3 is 2. The zero-order valence-electron chi connectivity index (χ0n) is 12.4. The molecular formula is C15H24ClNO2. The fraction of sp³-hybridized carbons (Fsp3) is 0.600. The molecule has 0 aliphatic rings. The van der Waals surface area contributed by atoms with Crippen molar-refractivity contribution in [1.29, 1.82) is 0 Å². The third-order valence-electron chi connectivity index (χ3n) is 2.97. The summed E-state index contributed by atoms with van der Waals surface area (Å²) in [4.78, 5) is 0. The van der Waals surface area contributed by atoms with Gasteiger partial charge < -0.3 is 14.8 Å². The molecule has 0 heterocycles. The number of ether oxygens (including phenoxy) is 2. The summed E-state index contributed by atoms with van der Waals surface area (Å²) in [6.45, 7) is 7.42. The summed E-state index contributed by atoms with van der Waals surface area (Å²) in [5.74, 6) is 1.95. The second-order valence-electron chi connectivity index (χ2n) is 5.22. The molecule has 0 aromatic heterocycles. The van der Waals surface area contributed by atoms with Gasteiger partial charge >= 0.3 is 0 Å². The van der Waals surface area contributed by atoms with Crippen molar-refractivity contribution < 1.29 is 9.47 Å². The van der Waals surface area contributed by atoms with Gasteiger partial charge in [-0.25, -0.2) is 0 Å². The lowest BCUT2D eigenvalue weighted by atomic mass is 10.0. The van der Waals surface area contributed by atoms with Gasteiger partial charge in [-0.15, -0.1) is 0 Å². The quantitative estimate of drug-likeness (QED) is 0.825. The Morgan fingerprint density at radius 2 is 1.84 bits per heavy atom. The molecule has 0 spiro atoms. The summed E-state index contributed by atoms with van der Waals surface area (Å²) in [7, 11) is 3.21. The monoisotopic (exact) mass is 285 g/mol.